The molecule has 2 N–H and O–H groups in total. The van der Waals surface area contributed by atoms with E-state index in [4.69, 9.17) is 0 Å². The van der Waals surface area contributed by atoms with Gasteiger partial charge >= 0.3 is 0 Å². The van der Waals surface area contributed by atoms with Crippen LogP contribution in [-0.2, 0) is 10.4 Å². The molecule has 1 amide bonds. The summed E-state index contributed by atoms with van der Waals surface area (Å²) in [5.74, 6) is -0.591. The maximum Gasteiger partial charge on any atom is 0.281 e. The summed E-state index contributed by atoms with van der Waals surface area (Å²) < 4.78 is 2.41. The number of benzene rings is 2. The second-order valence-corrected chi connectivity index (χ2v) is 8.63. The predicted molar refractivity (Wildman–Crippen MR) is 128 cm³/mol. The quantitative estimate of drug-likeness (QED) is 0.428. The van der Waals surface area contributed by atoms with Crippen molar-refractivity contribution in [3.05, 3.63) is 94.8 Å². The van der Waals surface area contributed by atoms with Crippen LogP contribution in [0.15, 0.2) is 71.8 Å². The number of nitrogens with one attached hydrogen (secondary N) is 1. The van der Waals surface area contributed by atoms with Gasteiger partial charge in [0.2, 0.25) is 0 Å². The monoisotopic (exact) mass is 429 g/mol. The minimum atomic E-state index is -1.83. The molecule has 1 saturated carbocycles. The van der Waals surface area contributed by atoms with Gasteiger partial charge in [0, 0.05) is 23.0 Å². The van der Waals surface area contributed by atoms with Gasteiger partial charge in [0.25, 0.3) is 5.91 Å². The fourth-order valence-electron chi connectivity index (χ4n) is 4.86. The summed E-state index contributed by atoms with van der Waals surface area (Å²) >= 11 is 0. The van der Waals surface area contributed by atoms with Crippen molar-refractivity contribution in [2.75, 3.05) is 0 Å². The topological polar surface area (TPSA) is 66.6 Å². The van der Waals surface area contributed by atoms with Crippen LogP contribution in [0.25, 0.3) is 0 Å². The fraction of sp³-hybridized carbons (Fsp3) is 0.333. The highest BCUT2D eigenvalue weighted by Gasteiger charge is 2.39. The van der Waals surface area contributed by atoms with E-state index in [1.165, 1.54) is 37.8 Å². The standard InChI is InChI=1S/C27H31N3O2/c1-20-18-22(21(2)30(20)25-16-10-5-11-17-25)19-28-29-26(31)27(32,23-12-6-3-7-13-23)24-14-8-4-9-15-24/h3-4,6-9,12-15,18-19,25,32H,5,10-11,16-17H2,1-2H3,(H,29,31). The molecule has 0 unspecified atom stereocenters. The molecule has 0 spiro atoms. The summed E-state index contributed by atoms with van der Waals surface area (Å²) in [6.07, 6.45) is 7.98. The highest BCUT2D eigenvalue weighted by molar-refractivity contribution is 5.91. The number of aliphatic hydroxyl groups is 1. The third kappa shape index (κ3) is 4.26. The van der Waals surface area contributed by atoms with Crippen LogP contribution in [0.1, 0.15) is 66.2 Å². The second-order valence-electron chi connectivity index (χ2n) is 8.63. The summed E-state index contributed by atoms with van der Waals surface area (Å²) in [4.78, 5) is 13.2. The Labute approximate surface area is 189 Å². The van der Waals surface area contributed by atoms with E-state index in [1.807, 2.05) is 12.1 Å². The molecule has 1 heterocycles. The SMILES string of the molecule is Cc1cc(C=NNC(=O)C(O)(c2ccccc2)c2ccccc2)c(C)n1C1CCCCC1. The van der Waals surface area contributed by atoms with Crippen LogP contribution in [-0.4, -0.2) is 21.8 Å². The molecule has 166 valence electrons. The van der Waals surface area contributed by atoms with Crippen molar-refractivity contribution in [1.29, 1.82) is 0 Å². The number of hydrogen-bond donors (Lipinski definition) is 2. The first-order valence-electron chi connectivity index (χ1n) is 11.4. The molecule has 1 aromatic heterocycles. The number of carbonyl (C=O) groups excluding carboxylic acids is 1. The first kappa shape index (κ1) is 22.0. The van der Waals surface area contributed by atoms with E-state index in [9.17, 15) is 9.90 Å². The van der Waals surface area contributed by atoms with Gasteiger partial charge in [-0.15, -0.1) is 0 Å². The van der Waals surface area contributed by atoms with Crippen LogP contribution in [0.3, 0.4) is 0 Å². The van der Waals surface area contributed by atoms with Gasteiger partial charge in [0.1, 0.15) is 0 Å². The molecule has 0 atom stereocenters. The van der Waals surface area contributed by atoms with Crippen molar-refractivity contribution in [3.63, 3.8) is 0 Å². The normalized spacial score (nSPS) is 15.2. The zero-order valence-electron chi connectivity index (χ0n) is 18.8. The van der Waals surface area contributed by atoms with Crippen molar-refractivity contribution >= 4 is 12.1 Å². The van der Waals surface area contributed by atoms with E-state index in [-0.39, 0.29) is 0 Å². The second kappa shape index (κ2) is 9.53. The number of aromatic nitrogens is 1. The molecule has 4 rings (SSSR count). The minimum Gasteiger partial charge on any atom is -0.372 e. The average molecular weight is 430 g/mol. The number of aryl methyl sites for hydroxylation is 1. The zero-order chi connectivity index (χ0) is 22.6. The van der Waals surface area contributed by atoms with Crippen LogP contribution in [0.5, 0.6) is 0 Å². The van der Waals surface area contributed by atoms with Crippen LogP contribution in [0.2, 0.25) is 0 Å². The third-order valence-electron chi connectivity index (χ3n) is 6.54. The summed E-state index contributed by atoms with van der Waals surface area (Å²) in [6.45, 7) is 4.23. The Bertz CT molecular complexity index is 1040. The molecule has 1 aliphatic rings. The van der Waals surface area contributed by atoms with E-state index in [0.717, 1.165) is 11.3 Å². The van der Waals surface area contributed by atoms with Gasteiger partial charge in [0.15, 0.2) is 5.60 Å². The first-order valence-corrected chi connectivity index (χ1v) is 11.4. The van der Waals surface area contributed by atoms with Crippen molar-refractivity contribution in [2.24, 2.45) is 5.10 Å². The third-order valence-corrected chi connectivity index (χ3v) is 6.54. The number of amides is 1. The number of hydrogen-bond acceptors (Lipinski definition) is 3. The van der Waals surface area contributed by atoms with Gasteiger partial charge < -0.3 is 9.67 Å². The summed E-state index contributed by atoms with van der Waals surface area (Å²) in [5, 5.41) is 15.7. The lowest BCUT2D eigenvalue weighted by molar-refractivity contribution is -0.136. The molecule has 0 saturated heterocycles. The maximum atomic E-state index is 13.2. The molecule has 0 radical (unpaired) electrons. The molecule has 5 heteroatoms. The van der Waals surface area contributed by atoms with E-state index in [0.29, 0.717) is 17.2 Å². The van der Waals surface area contributed by atoms with Gasteiger partial charge in [-0.25, -0.2) is 5.43 Å². The summed E-state index contributed by atoms with van der Waals surface area (Å²) in [6, 6.07) is 20.6. The van der Waals surface area contributed by atoms with Gasteiger partial charge in [-0.3, -0.25) is 4.79 Å². The van der Waals surface area contributed by atoms with Crippen molar-refractivity contribution in [3.8, 4) is 0 Å². The van der Waals surface area contributed by atoms with Crippen molar-refractivity contribution < 1.29 is 9.90 Å². The highest BCUT2D eigenvalue weighted by Crippen LogP contribution is 2.32. The molecule has 0 aliphatic heterocycles. The summed E-state index contributed by atoms with van der Waals surface area (Å²) in [5.41, 5.74) is 5.09. The maximum absolute atomic E-state index is 13.2. The van der Waals surface area contributed by atoms with Gasteiger partial charge in [-0.2, -0.15) is 5.10 Å². The van der Waals surface area contributed by atoms with E-state index in [2.05, 4.69) is 35.0 Å². The Kier molecular flexibility index (Phi) is 6.56. The number of hydrazone groups is 1. The number of rotatable bonds is 6. The number of carbonyl (C=O) groups is 1. The fourth-order valence-corrected chi connectivity index (χ4v) is 4.86. The van der Waals surface area contributed by atoms with Gasteiger partial charge in [-0.05, 0) is 43.9 Å². The Morgan fingerprint density at radius 1 is 1.00 bits per heavy atom. The summed E-state index contributed by atoms with van der Waals surface area (Å²) in [7, 11) is 0. The van der Waals surface area contributed by atoms with Crippen molar-refractivity contribution in [2.45, 2.75) is 57.6 Å². The molecule has 1 aliphatic carbocycles. The zero-order valence-corrected chi connectivity index (χ0v) is 18.8. The molecular weight excluding hydrogens is 398 g/mol. The first-order chi connectivity index (χ1) is 15.5. The molecule has 3 aromatic rings. The lowest BCUT2D eigenvalue weighted by Crippen LogP contribution is -2.43. The van der Waals surface area contributed by atoms with Crippen LogP contribution in [0, 0.1) is 13.8 Å². The van der Waals surface area contributed by atoms with E-state index in [1.54, 1.807) is 54.7 Å². The molecule has 5 nitrogen and oxygen atoms in total. The van der Waals surface area contributed by atoms with Gasteiger partial charge in [-0.1, -0.05) is 79.9 Å². The largest absolute Gasteiger partial charge is 0.372 e. The van der Waals surface area contributed by atoms with Crippen LogP contribution >= 0.6 is 0 Å². The lowest BCUT2D eigenvalue weighted by Gasteiger charge is -2.27. The van der Waals surface area contributed by atoms with Crippen LogP contribution < -0.4 is 5.43 Å². The Morgan fingerprint density at radius 2 is 1.56 bits per heavy atom. The smallest absolute Gasteiger partial charge is 0.281 e. The van der Waals surface area contributed by atoms with E-state index >= 15 is 0 Å². The van der Waals surface area contributed by atoms with Crippen molar-refractivity contribution in [1.82, 2.24) is 9.99 Å². The molecule has 0 bridgehead atoms. The van der Waals surface area contributed by atoms with Gasteiger partial charge in [0.05, 0.1) is 6.21 Å². The highest BCUT2D eigenvalue weighted by atomic mass is 16.3. The Hall–Kier alpha value is -3.18. The molecular formula is C27H31N3O2. The van der Waals surface area contributed by atoms with E-state index < -0.39 is 11.5 Å². The predicted octanol–water partition coefficient (Wildman–Crippen LogP) is 5.00. The molecule has 2 aromatic carbocycles. The Balaban J connectivity index is 1.57. The minimum absolute atomic E-state index is 0.495. The molecule has 1 fully saturated rings. The lowest BCUT2D eigenvalue weighted by atomic mass is 9.85. The molecule has 32 heavy (non-hydrogen) atoms. The average Bonchev–Trinajstić information content (AvgIpc) is 3.12. The Morgan fingerprint density at radius 3 is 2.12 bits per heavy atom. The number of nitrogens with zero attached hydrogens (tertiary/aromatic N) is 2. The van der Waals surface area contributed by atoms with Crippen LogP contribution in [0.4, 0.5) is 0 Å².